The Morgan fingerprint density at radius 2 is 1.50 bits per heavy atom. The highest BCUT2D eigenvalue weighted by molar-refractivity contribution is 7.89. The Kier molecular flexibility index (Phi) is 5.56. The van der Waals surface area contributed by atoms with E-state index in [-0.39, 0.29) is 10.8 Å². The molecule has 0 aromatic heterocycles. The summed E-state index contributed by atoms with van der Waals surface area (Å²) in [6.45, 7) is 1.95. The van der Waals surface area contributed by atoms with Gasteiger partial charge < -0.3 is 4.90 Å². The molecule has 132 valence electrons. The smallest absolute Gasteiger partial charge is 0.243 e. The molecule has 0 radical (unpaired) electrons. The van der Waals surface area contributed by atoms with E-state index in [0.717, 1.165) is 51.6 Å². The van der Waals surface area contributed by atoms with E-state index in [1.807, 2.05) is 4.90 Å². The van der Waals surface area contributed by atoms with Crippen LogP contribution in [0.5, 0.6) is 0 Å². The SMILES string of the molecule is O=C(C1CCCCN1S(=O)(=O)c1ccccc1)N1CCCCCC1. The largest absolute Gasteiger partial charge is 0.341 e. The van der Waals surface area contributed by atoms with Crippen molar-refractivity contribution < 1.29 is 13.2 Å². The number of nitrogens with zero attached hydrogens (tertiary/aromatic N) is 2. The van der Waals surface area contributed by atoms with Crippen molar-refractivity contribution >= 4 is 15.9 Å². The van der Waals surface area contributed by atoms with Gasteiger partial charge in [-0.1, -0.05) is 37.5 Å². The maximum atomic E-state index is 13.0. The molecule has 3 rings (SSSR count). The number of rotatable bonds is 3. The third kappa shape index (κ3) is 3.64. The van der Waals surface area contributed by atoms with Crippen molar-refractivity contribution in [2.45, 2.75) is 55.9 Å². The van der Waals surface area contributed by atoms with E-state index in [2.05, 4.69) is 0 Å². The number of likely N-dealkylation sites (tertiary alicyclic amines) is 1. The predicted molar refractivity (Wildman–Crippen MR) is 93.0 cm³/mol. The first-order chi connectivity index (χ1) is 11.6. The van der Waals surface area contributed by atoms with Gasteiger partial charge in [-0.2, -0.15) is 4.31 Å². The molecule has 1 amide bonds. The molecule has 1 unspecified atom stereocenters. The Labute approximate surface area is 144 Å². The molecule has 2 fully saturated rings. The molecule has 2 aliphatic heterocycles. The lowest BCUT2D eigenvalue weighted by Gasteiger charge is -2.36. The fraction of sp³-hybridized carbons (Fsp3) is 0.611. The minimum atomic E-state index is -3.62. The predicted octanol–water partition coefficient (Wildman–Crippen LogP) is 2.63. The van der Waals surface area contributed by atoms with Crippen LogP contribution in [0.3, 0.4) is 0 Å². The van der Waals surface area contributed by atoms with E-state index in [4.69, 9.17) is 0 Å². The summed E-state index contributed by atoms with van der Waals surface area (Å²) in [7, 11) is -3.62. The molecule has 0 N–H and O–H groups in total. The van der Waals surface area contributed by atoms with Gasteiger partial charge in [-0.05, 0) is 37.8 Å². The van der Waals surface area contributed by atoms with Crippen LogP contribution in [0.1, 0.15) is 44.9 Å². The second kappa shape index (κ2) is 7.66. The number of carbonyl (C=O) groups is 1. The molecule has 0 aliphatic carbocycles. The Morgan fingerprint density at radius 3 is 2.17 bits per heavy atom. The van der Waals surface area contributed by atoms with Gasteiger partial charge in [-0.25, -0.2) is 8.42 Å². The first-order valence-electron chi connectivity index (χ1n) is 8.96. The first-order valence-corrected chi connectivity index (χ1v) is 10.4. The summed E-state index contributed by atoms with van der Waals surface area (Å²) in [6.07, 6.45) is 6.69. The minimum Gasteiger partial charge on any atom is -0.341 e. The third-order valence-corrected chi connectivity index (χ3v) is 6.93. The topological polar surface area (TPSA) is 57.7 Å². The number of sulfonamides is 1. The second-order valence-corrected chi connectivity index (χ2v) is 8.57. The lowest BCUT2D eigenvalue weighted by molar-refractivity contribution is -0.136. The van der Waals surface area contributed by atoms with Gasteiger partial charge in [0.25, 0.3) is 0 Å². The van der Waals surface area contributed by atoms with Crippen molar-refractivity contribution in [2.24, 2.45) is 0 Å². The molecule has 0 spiro atoms. The van der Waals surface area contributed by atoms with Gasteiger partial charge in [0, 0.05) is 19.6 Å². The molecule has 0 bridgehead atoms. The van der Waals surface area contributed by atoms with Crippen LogP contribution >= 0.6 is 0 Å². The molecule has 24 heavy (non-hydrogen) atoms. The highest BCUT2D eigenvalue weighted by atomic mass is 32.2. The number of piperidine rings is 1. The van der Waals surface area contributed by atoms with Crippen LogP contribution < -0.4 is 0 Å². The van der Waals surface area contributed by atoms with Crippen molar-refractivity contribution in [3.63, 3.8) is 0 Å². The monoisotopic (exact) mass is 350 g/mol. The van der Waals surface area contributed by atoms with Gasteiger partial charge in [-0.15, -0.1) is 0 Å². The highest BCUT2D eigenvalue weighted by Crippen LogP contribution is 2.27. The highest BCUT2D eigenvalue weighted by Gasteiger charge is 2.39. The summed E-state index contributed by atoms with van der Waals surface area (Å²) >= 11 is 0. The van der Waals surface area contributed by atoms with Crippen LogP contribution in [-0.2, 0) is 14.8 Å². The molecule has 2 aliphatic rings. The number of hydrogen-bond donors (Lipinski definition) is 0. The Hall–Kier alpha value is -1.40. The van der Waals surface area contributed by atoms with E-state index in [0.29, 0.717) is 13.0 Å². The van der Waals surface area contributed by atoms with Gasteiger partial charge >= 0.3 is 0 Å². The zero-order valence-corrected chi connectivity index (χ0v) is 14.9. The summed E-state index contributed by atoms with van der Waals surface area (Å²) in [6, 6.07) is 7.93. The third-order valence-electron chi connectivity index (χ3n) is 5.01. The average molecular weight is 350 g/mol. The molecule has 1 atom stereocenters. The molecule has 5 nitrogen and oxygen atoms in total. The molecular formula is C18H26N2O3S. The standard InChI is InChI=1S/C18H26N2O3S/c21-18(19-13-7-1-2-8-14-19)17-12-6-9-15-20(17)24(22,23)16-10-4-3-5-11-16/h3-5,10-11,17H,1-2,6-9,12-15H2. The van der Waals surface area contributed by atoms with Crippen LogP contribution in [0.15, 0.2) is 35.2 Å². The maximum absolute atomic E-state index is 13.0. The summed E-state index contributed by atoms with van der Waals surface area (Å²) in [5.74, 6) is -0.00361. The quantitative estimate of drug-likeness (QED) is 0.842. The molecule has 6 heteroatoms. The number of hydrogen-bond acceptors (Lipinski definition) is 3. The van der Waals surface area contributed by atoms with Crippen LogP contribution in [-0.4, -0.2) is 49.2 Å². The fourth-order valence-electron chi connectivity index (χ4n) is 3.67. The van der Waals surface area contributed by atoms with Crippen molar-refractivity contribution in [1.82, 2.24) is 9.21 Å². The molecule has 0 saturated carbocycles. The lowest BCUT2D eigenvalue weighted by atomic mass is 10.0. The second-order valence-electron chi connectivity index (χ2n) is 6.68. The van der Waals surface area contributed by atoms with Crippen molar-refractivity contribution in [1.29, 1.82) is 0 Å². The number of amides is 1. The van der Waals surface area contributed by atoms with Crippen LogP contribution in [0.2, 0.25) is 0 Å². The number of benzene rings is 1. The van der Waals surface area contributed by atoms with E-state index < -0.39 is 16.1 Å². The zero-order chi connectivity index (χ0) is 17.0. The fourth-order valence-corrected chi connectivity index (χ4v) is 5.34. The van der Waals surface area contributed by atoms with Crippen molar-refractivity contribution in [3.05, 3.63) is 30.3 Å². The molecule has 2 heterocycles. The number of carbonyl (C=O) groups excluding carboxylic acids is 1. The van der Waals surface area contributed by atoms with E-state index in [1.165, 1.54) is 4.31 Å². The van der Waals surface area contributed by atoms with Crippen LogP contribution in [0, 0.1) is 0 Å². The van der Waals surface area contributed by atoms with Crippen molar-refractivity contribution in [3.8, 4) is 0 Å². The van der Waals surface area contributed by atoms with Gasteiger partial charge in [-0.3, -0.25) is 4.79 Å². The molecule has 1 aromatic rings. The summed E-state index contributed by atoms with van der Waals surface area (Å²) in [5.41, 5.74) is 0. The first kappa shape index (κ1) is 17.4. The van der Waals surface area contributed by atoms with Gasteiger partial charge in [0.2, 0.25) is 15.9 Å². The summed E-state index contributed by atoms with van der Waals surface area (Å²) < 4.78 is 27.5. The van der Waals surface area contributed by atoms with E-state index >= 15 is 0 Å². The van der Waals surface area contributed by atoms with Gasteiger partial charge in [0.1, 0.15) is 6.04 Å². The van der Waals surface area contributed by atoms with E-state index in [9.17, 15) is 13.2 Å². The lowest BCUT2D eigenvalue weighted by Crippen LogP contribution is -2.53. The Morgan fingerprint density at radius 1 is 0.875 bits per heavy atom. The maximum Gasteiger partial charge on any atom is 0.243 e. The minimum absolute atomic E-state index is 0.00361. The Balaban J connectivity index is 1.84. The average Bonchev–Trinajstić information content (AvgIpc) is 2.91. The van der Waals surface area contributed by atoms with E-state index in [1.54, 1.807) is 30.3 Å². The Bertz CT molecular complexity index is 652. The van der Waals surface area contributed by atoms with Gasteiger partial charge in [0.15, 0.2) is 0 Å². The van der Waals surface area contributed by atoms with Crippen LogP contribution in [0.4, 0.5) is 0 Å². The molecule has 2 saturated heterocycles. The van der Waals surface area contributed by atoms with Crippen LogP contribution in [0.25, 0.3) is 0 Å². The molecular weight excluding hydrogens is 324 g/mol. The summed E-state index contributed by atoms with van der Waals surface area (Å²) in [5, 5.41) is 0. The normalized spacial score (nSPS) is 23.7. The van der Waals surface area contributed by atoms with Crippen molar-refractivity contribution in [2.75, 3.05) is 19.6 Å². The molecule has 1 aromatic carbocycles. The van der Waals surface area contributed by atoms with Gasteiger partial charge in [0.05, 0.1) is 4.90 Å². The summed E-state index contributed by atoms with van der Waals surface area (Å²) in [4.78, 5) is 15.2. The zero-order valence-electron chi connectivity index (χ0n) is 14.1.